The van der Waals surface area contributed by atoms with Crippen LogP contribution < -0.4 is 10.6 Å². The monoisotopic (exact) mass is 367 g/mol. The van der Waals surface area contributed by atoms with Crippen molar-refractivity contribution in [3.63, 3.8) is 0 Å². The Morgan fingerprint density at radius 2 is 1.93 bits per heavy atom. The highest BCUT2D eigenvalue weighted by atomic mass is 16.2. The molecular formula is C22H29N3O2. The highest BCUT2D eigenvalue weighted by Gasteiger charge is 2.30. The zero-order chi connectivity index (χ0) is 19.4. The van der Waals surface area contributed by atoms with Crippen molar-refractivity contribution in [3.8, 4) is 0 Å². The second kappa shape index (κ2) is 8.53. The number of carbonyl (C=O) groups is 2. The number of fused-ring (bicyclic) bond motifs is 1. The molecular weight excluding hydrogens is 338 g/mol. The normalized spacial score (nSPS) is 18.5. The van der Waals surface area contributed by atoms with Gasteiger partial charge < -0.3 is 15.5 Å². The first-order valence-corrected chi connectivity index (χ1v) is 9.73. The predicted molar refractivity (Wildman–Crippen MR) is 108 cm³/mol. The fourth-order valence-corrected chi connectivity index (χ4v) is 3.60. The quantitative estimate of drug-likeness (QED) is 0.853. The van der Waals surface area contributed by atoms with E-state index in [1.54, 1.807) is 0 Å². The molecule has 1 aliphatic rings. The van der Waals surface area contributed by atoms with Gasteiger partial charge in [-0.05, 0) is 29.2 Å². The van der Waals surface area contributed by atoms with E-state index in [0.717, 1.165) is 22.9 Å². The second-order valence-corrected chi connectivity index (χ2v) is 7.79. The van der Waals surface area contributed by atoms with E-state index in [9.17, 15) is 9.59 Å². The molecule has 2 N–H and O–H groups in total. The van der Waals surface area contributed by atoms with Crippen molar-refractivity contribution < 1.29 is 9.59 Å². The number of amides is 2. The van der Waals surface area contributed by atoms with Crippen molar-refractivity contribution in [1.82, 2.24) is 15.5 Å². The second-order valence-electron chi connectivity index (χ2n) is 7.79. The van der Waals surface area contributed by atoms with E-state index in [0.29, 0.717) is 13.1 Å². The molecule has 0 aromatic heterocycles. The van der Waals surface area contributed by atoms with E-state index < -0.39 is 6.04 Å². The summed E-state index contributed by atoms with van der Waals surface area (Å²) in [5, 5.41) is 8.59. The minimum atomic E-state index is -0.483. The Bertz CT molecular complexity index is 818. The van der Waals surface area contributed by atoms with Crippen LogP contribution in [-0.2, 0) is 16.0 Å². The number of hydrogen-bond donors (Lipinski definition) is 2. The molecule has 1 aliphatic heterocycles. The van der Waals surface area contributed by atoms with Gasteiger partial charge in [-0.25, -0.2) is 0 Å². The molecule has 0 bridgehead atoms. The van der Waals surface area contributed by atoms with Crippen LogP contribution in [0, 0.1) is 5.92 Å². The van der Waals surface area contributed by atoms with E-state index in [1.807, 2.05) is 55.1 Å². The van der Waals surface area contributed by atoms with Crippen molar-refractivity contribution in [2.75, 3.05) is 19.6 Å². The molecule has 1 saturated heterocycles. The van der Waals surface area contributed by atoms with Crippen LogP contribution in [0.2, 0.25) is 0 Å². The van der Waals surface area contributed by atoms with E-state index in [4.69, 9.17) is 0 Å². The summed E-state index contributed by atoms with van der Waals surface area (Å²) in [6, 6.07) is 13.9. The molecule has 27 heavy (non-hydrogen) atoms. The Kier molecular flexibility index (Phi) is 6.11. The number of piperazine rings is 1. The SMILES string of the molecule is CC1CN(C(=O)C(NC(=O)Cc2ccc3ccccc3c2)C(C)C)CCN1. The molecule has 2 amide bonds. The van der Waals surface area contributed by atoms with Crippen molar-refractivity contribution in [3.05, 3.63) is 48.0 Å². The number of carbonyl (C=O) groups excluding carboxylic acids is 2. The van der Waals surface area contributed by atoms with E-state index in [-0.39, 0.29) is 30.2 Å². The number of hydrogen-bond acceptors (Lipinski definition) is 3. The lowest BCUT2D eigenvalue weighted by molar-refractivity contribution is -0.138. The Balaban J connectivity index is 1.66. The Labute approximate surface area is 161 Å². The molecule has 144 valence electrons. The van der Waals surface area contributed by atoms with Crippen LogP contribution in [0.5, 0.6) is 0 Å². The van der Waals surface area contributed by atoms with Crippen molar-refractivity contribution in [2.45, 2.75) is 39.3 Å². The Hall–Kier alpha value is -2.40. The maximum atomic E-state index is 12.9. The van der Waals surface area contributed by atoms with Crippen LogP contribution in [0.15, 0.2) is 42.5 Å². The van der Waals surface area contributed by atoms with Crippen LogP contribution in [0.25, 0.3) is 10.8 Å². The Morgan fingerprint density at radius 1 is 1.19 bits per heavy atom. The topological polar surface area (TPSA) is 61.4 Å². The van der Waals surface area contributed by atoms with Crippen molar-refractivity contribution in [1.29, 1.82) is 0 Å². The summed E-state index contributed by atoms with van der Waals surface area (Å²) >= 11 is 0. The summed E-state index contributed by atoms with van der Waals surface area (Å²) in [7, 11) is 0. The summed E-state index contributed by atoms with van der Waals surface area (Å²) in [5.41, 5.74) is 0.956. The zero-order valence-corrected chi connectivity index (χ0v) is 16.4. The molecule has 2 aromatic rings. The van der Waals surface area contributed by atoms with Gasteiger partial charge in [-0.2, -0.15) is 0 Å². The molecule has 5 nitrogen and oxygen atoms in total. The third kappa shape index (κ3) is 4.86. The number of nitrogens with zero attached hydrogens (tertiary/aromatic N) is 1. The largest absolute Gasteiger partial charge is 0.344 e. The number of rotatable bonds is 5. The molecule has 0 spiro atoms. The molecule has 0 aliphatic carbocycles. The number of benzene rings is 2. The third-order valence-electron chi connectivity index (χ3n) is 5.11. The summed E-state index contributed by atoms with van der Waals surface area (Å²) in [4.78, 5) is 27.4. The maximum Gasteiger partial charge on any atom is 0.245 e. The first kappa shape index (κ1) is 19.4. The third-order valence-corrected chi connectivity index (χ3v) is 5.11. The fraction of sp³-hybridized carbons (Fsp3) is 0.455. The lowest BCUT2D eigenvalue weighted by atomic mass is 10.0. The van der Waals surface area contributed by atoms with Gasteiger partial charge in [0.15, 0.2) is 0 Å². The zero-order valence-electron chi connectivity index (χ0n) is 16.4. The van der Waals surface area contributed by atoms with Crippen LogP contribution in [-0.4, -0.2) is 48.4 Å². The fourth-order valence-electron chi connectivity index (χ4n) is 3.60. The molecule has 2 aromatic carbocycles. The first-order chi connectivity index (χ1) is 12.9. The predicted octanol–water partition coefficient (Wildman–Crippen LogP) is 2.34. The van der Waals surface area contributed by atoms with Crippen molar-refractivity contribution in [2.24, 2.45) is 5.92 Å². The van der Waals surface area contributed by atoms with E-state index in [2.05, 4.69) is 23.6 Å². The lowest BCUT2D eigenvalue weighted by Crippen LogP contribution is -2.58. The molecule has 1 heterocycles. The highest BCUT2D eigenvalue weighted by Crippen LogP contribution is 2.16. The first-order valence-electron chi connectivity index (χ1n) is 9.73. The smallest absolute Gasteiger partial charge is 0.245 e. The van der Waals surface area contributed by atoms with Crippen molar-refractivity contribution >= 4 is 22.6 Å². The molecule has 1 fully saturated rings. The lowest BCUT2D eigenvalue weighted by Gasteiger charge is -2.35. The number of nitrogens with one attached hydrogen (secondary N) is 2. The molecule has 2 unspecified atom stereocenters. The summed E-state index contributed by atoms with van der Waals surface area (Å²) in [6.07, 6.45) is 0.277. The van der Waals surface area contributed by atoms with Gasteiger partial charge in [0.05, 0.1) is 6.42 Å². The van der Waals surface area contributed by atoms with Gasteiger partial charge in [-0.15, -0.1) is 0 Å². The van der Waals surface area contributed by atoms with Crippen LogP contribution in [0.4, 0.5) is 0 Å². The van der Waals surface area contributed by atoms with E-state index >= 15 is 0 Å². The summed E-state index contributed by atoms with van der Waals surface area (Å²) in [5.74, 6) is -0.0472. The van der Waals surface area contributed by atoms with Gasteiger partial charge in [0, 0.05) is 25.7 Å². The summed E-state index contributed by atoms with van der Waals surface area (Å²) < 4.78 is 0. The minimum Gasteiger partial charge on any atom is -0.344 e. The standard InChI is InChI=1S/C22H29N3O2/c1-15(2)21(22(27)25-11-10-23-16(3)14-25)24-20(26)13-17-8-9-18-6-4-5-7-19(18)12-17/h4-9,12,15-16,21,23H,10-11,13-14H2,1-3H3,(H,24,26). The average molecular weight is 367 g/mol. The van der Waals surface area contributed by atoms with Gasteiger partial charge >= 0.3 is 0 Å². The summed E-state index contributed by atoms with van der Waals surface area (Å²) in [6.45, 7) is 8.19. The van der Waals surface area contributed by atoms with Gasteiger partial charge in [-0.1, -0.05) is 56.3 Å². The highest BCUT2D eigenvalue weighted by molar-refractivity contribution is 5.90. The average Bonchev–Trinajstić information content (AvgIpc) is 2.65. The molecule has 3 rings (SSSR count). The van der Waals surface area contributed by atoms with Crippen LogP contribution >= 0.6 is 0 Å². The van der Waals surface area contributed by atoms with Gasteiger partial charge in [-0.3, -0.25) is 9.59 Å². The Morgan fingerprint density at radius 3 is 2.63 bits per heavy atom. The molecule has 2 atom stereocenters. The molecule has 0 saturated carbocycles. The van der Waals surface area contributed by atoms with Gasteiger partial charge in [0.25, 0.3) is 0 Å². The van der Waals surface area contributed by atoms with Gasteiger partial charge in [0.2, 0.25) is 11.8 Å². The maximum absolute atomic E-state index is 12.9. The van der Waals surface area contributed by atoms with Gasteiger partial charge in [0.1, 0.15) is 6.04 Å². The van der Waals surface area contributed by atoms with Crippen LogP contribution in [0.3, 0.4) is 0 Å². The molecule has 5 heteroatoms. The van der Waals surface area contributed by atoms with E-state index in [1.165, 1.54) is 0 Å². The van der Waals surface area contributed by atoms with Crippen LogP contribution in [0.1, 0.15) is 26.3 Å². The molecule has 0 radical (unpaired) electrons. The minimum absolute atomic E-state index is 0.0187.